The zero-order chi connectivity index (χ0) is 13.0. The molecule has 1 N–H and O–H groups in total. The lowest BCUT2D eigenvalue weighted by atomic mass is 10.2. The molecule has 2 heterocycles. The van der Waals surface area contributed by atoms with E-state index in [0.717, 1.165) is 18.9 Å². The van der Waals surface area contributed by atoms with Crippen molar-refractivity contribution in [1.82, 2.24) is 9.55 Å². The Hall–Kier alpha value is -1.08. The van der Waals surface area contributed by atoms with Crippen molar-refractivity contribution in [2.75, 3.05) is 37.1 Å². The normalized spacial score (nSPS) is 22.2. The van der Waals surface area contributed by atoms with Gasteiger partial charge in [0.05, 0.1) is 17.5 Å². The Labute approximate surface area is 107 Å². The number of ether oxygens (including phenoxy) is 1. The van der Waals surface area contributed by atoms with Crippen molar-refractivity contribution in [2.45, 2.75) is 18.9 Å². The van der Waals surface area contributed by atoms with Gasteiger partial charge in [-0.05, 0) is 12.8 Å². The Morgan fingerprint density at radius 3 is 3.11 bits per heavy atom. The van der Waals surface area contributed by atoms with E-state index >= 15 is 0 Å². The second-order valence-corrected chi connectivity index (χ2v) is 6.72. The molecule has 1 aliphatic rings. The number of methoxy groups -OCH3 is 1. The second kappa shape index (κ2) is 5.71. The fourth-order valence-electron chi connectivity index (χ4n) is 2.16. The van der Waals surface area contributed by atoms with E-state index in [2.05, 4.69) is 10.3 Å². The van der Waals surface area contributed by atoms with Crippen LogP contribution in [-0.4, -0.2) is 49.7 Å². The monoisotopic (exact) mass is 273 g/mol. The van der Waals surface area contributed by atoms with Gasteiger partial charge in [0.2, 0.25) is 5.95 Å². The highest BCUT2D eigenvalue weighted by molar-refractivity contribution is 7.91. The van der Waals surface area contributed by atoms with Crippen molar-refractivity contribution < 1.29 is 13.2 Å². The molecule has 2 rings (SSSR count). The zero-order valence-electron chi connectivity index (χ0n) is 10.5. The maximum atomic E-state index is 11.5. The molecule has 1 atom stereocenters. The van der Waals surface area contributed by atoms with Crippen LogP contribution in [0.25, 0.3) is 0 Å². The molecule has 6 nitrogen and oxygen atoms in total. The number of aromatic nitrogens is 2. The van der Waals surface area contributed by atoms with Crippen molar-refractivity contribution in [3.05, 3.63) is 12.4 Å². The van der Waals surface area contributed by atoms with Crippen molar-refractivity contribution in [1.29, 1.82) is 0 Å². The molecule has 1 unspecified atom stereocenters. The molecule has 0 aromatic carbocycles. The Balaban J connectivity index is 1.95. The second-order valence-electron chi connectivity index (χ2n) is 4.49. The number of hydrogen-bond donors (Lipinski definition) is 1. The lowest BCUT2D eigenvalue weighted by molar-refractivity contribution is 0.197. The molecule has 18 heavy (non-hydrogen) atoms. The summed E-state index contributed by atoms with van der Waals surface area (Å²) in [7, 11) is -1.19. The Bertz CT molecular complexity index is 483. The molecule has 0 radical (unpaired) electrons. The van der Waals surface area contributed by atoms with Crippen LogP contribution in [0.15, 0.2) is 12.4 Å². The van der Waals surface area contributed by atoms with Gasteiger partial charge in [0.1, 0.15) is 0 Å². The van der Waals surface area contributed by atoms with Crippen LogP contribution >= 0.6 is 0 Å². The summed E-state index contributed by atoms with van der Waals surface area (Å²) in [5.74, 6) is 1.24. The van der Waals surface area contributed by atoms with Gasteiger partial charge in [-0.2, -0.15) is 0 Å². The third kappa shape index (κ3) is 3.23. The molecule has 1 saturated heterocycles. The average molecular weight is 273 g/mol. The van der Waals surface area contributed by atoms with Crippen LogP contribution < -0.4 is 5.32 Å². The number of sulfone groups is 1. The molecule has 102 valence electrons. The minimum absolute atomic E-state index is 0.0161. The van der Waals surface area contributed by atoms with Gasteiger partial charge in [0.25, 0.3) is 0 Å². The predicted octanol–water partition coefficient (Wildman–Crippen LogP) is 0.691. The minimum Gasteiger partial charge on any atom is -0.385 e. The predicted molar refractivity (Wildman–Crippen MR) is 69.5 cm³/mol. The van der Waals surface area contributed by atoms with E-state index < -0.39 is 9.84 Å². The van der Waals surface area contributed by atoms with Crippen LogP contribution in [0.3, 0.4) is 0 Å². The SMILES string of the molecule is COCCCNc1nccn1C1CCS(=O)(=O)C1. The molecular formula is C11H19N3O3S. The van der Waals surface area contributed by atoms with Gasteiger partial charge < -0.3 is 14.6 Å². The Morgan fingerprint density at radius 2 is 2.44 bits per heavy atom. The largest absolute Gasteiger partial charge is 0.385 e. The van der Waals surface area contributed by atoms with E-state index in [9.17, 15) is 8.42 Å². The molecule has 7 heteroatoms. The zero-order valence-corrected chi connectivity index (χ0v) is 11.3. The number of rotatable bonds is 6. The number of nitrogens with one attached hydrogen (secondary N) is 1. The smallest absolute Gasteiger partial charge is 0.203 e. The first-order chi connectivity index (χ1) is 8.62. The number of nitrogens with zero attached hydrogens (tertiary/aromatic N) is 2. The van der Waals surface area contributed by atoms with Crippen molar-refractivity contribution in [2.24, 2.45) is 0 Å². The van der Waals surface area contributed by atoms with E-state index in [1.165, 1.54) is 0 Å². The summed E-state index contributed by atoms with van der Waals surface area (Å²) in [6.07, 6.45) is 5.10. The quantitative estimate of drug-likeness (QED) is 0.772. The first kappa shape index (κ1) is 13.4. The third-order valence-corrected chi connectivity index (χ3v) is 4.83. The lowest BCUT2D eigenvalue weighted by Crippen LogP contribution is -2.15. The highest BCUT2D eigenvalue weighted by Gasteiger charge is 2.30. The molecule has 0 saturated carbocycles. The highest BCUT2D eigenvalue weighted by Crippen LogP contribution is 2.26. The Morgan fingerprint density at radius 1 is 1.61 bits per heavy atom. The highest BCUT2D eigenvalue weighted by atomic mass is 32.2. The standard InChI is InChI=1S/C11H19N3O3S/c1-17-7-2-4-12-11-13-5-6-14(11)10-3-8-18(15,16)9-10/h5-6,10H,2-4,7-9H2,1H3,(H,12,13). The van der Waals surface area contributed by atoms with Crippen LogP contribution in [0, 0.1) is 0 Å². The molecule has 1 aromatic rings. The average Bonchev–Trinajstić information content (AvgIpc) is 2.90. The first-order valence-electron chi connectivity index (χ1n) is 6.08. The fraction of sp³-hybridized carbons (Fsp3) is 0.727. The van der Waals surface area contributed by atoms with Crippen molar-refractivity contribution in [3.8, 4) is 0 Å². The summed E-state index contributed by atoms with van der Waals surface area (Å²) in [6, 6.07) is 0.0161. The summed E-state index contributed by atoms with van der Waals surface area (Å²) in [6.45, 7) is 1.47. The molecule has 1 fully saturated rings. The molecule has 1 aliphatic heterocycles. The first-order valence-corrected chi connectivity index (χ1v) is 7.90. The third-order valence-electron chi connectivity index (χ3n) is 3.08. The van der Waals surface area contributed by atoms with Gasteiger partial charge >= 0.3 is 0 Å². The van der Waals surface area contributed by atoms with Gasteiger partial charge in [-0.3, -0.25) is 0 Å². The van der Waals surface area contributed by atoms with E-state index in [1.54, 1.807) is 13.3 Å². The van der Waals surface area contributed by atoms with Crippen molar-refractivity contribution >= 4 is 15.8 Å². The van der Waals surface area contributed by atoms with Gasteiger partial charge in [-0.15, -0.1) is 0 Å². The molecule has 1 aromatic heterocycles. The Kier molecular flexibility index (Phi) is 4.23. The van der Waals surface area contributed by atoms with Crippen LogP contribution in [0.1, 0.15) is 18.9 Å². The maximum Gasteiger partial charge on any atom is 0.203 e. The van der Waals surface area contributed by atoms with Crippen molar-refractivity contribution in [3.63, 3.8) is 0 Å². The maximum absolute atomic E-state index is 11.5. The van der Waals surface area contributed by atoms with Crippen LogP contribution in [0.4, 0.5) is 5.95 Å². The van der Waals surface area contributed by atoms with E-state index in [1.807, 2.05) is 10.8 Å². The molecule has 0 amide bonds. The number of anilines is 1. The molecule has 0 spiro atoms. The van der Waals surface area contributed by atoms with Gasteiger partial charge in [0.15, 0.2) is 9.84 Å². The van der Waals surface area contributed by atoms with E-state index in [-0.39, 0.29) is 17.5 Å². The summed E-state index contributed by atoms with van der Waals surface area (Å²) in [4.78, 5) is 4.22. The summed E-state index contributed by atoms with van der Waals surface area (Å²) < 4.78 is 29.9. The minimum atomic E-state index is -2.86. The summed E-state index contributed by atoms with van der Waals surface area (Å²) >= 11 is 0. The lowest BCUT2D eigenvalue weighted by Gasteiger charge is -2.14. The fourth-order valence-corrected chi connectivity index (χ4v) is 3.87. The van der Waals surface area contributed by atoms with Gasteiger partial charge in [-0.1, -0.05) is 0 Å². The van der Waals surface area contributed by atoms with Crippen LogP contribution in [0.2, 0.25) is 0 Å². The molecule has 0 bridgehead atoms. The topological polar surface area (TPSA) is 73.2 Å². The van der Waals surface area contributed by atoms with E-state index in [0.29, 0.717) is 13.0 Å². The van der Waals surface area contributed by atoms with Crippen LogP contribution in [-0.2, 0) is 14.6 Å². The van der Waals surface area contributed by atoms with E-state index in [4.69, 9.17) is 4.74 Å². The van der Waals surface area contributed by atoms with Gasteiger partial charge in [-0.25, -0.2) is 13.4 Å². The summed E-state index contributed by atoms with van der Waals surface area (Å²) in [5.41, 5.74) is 0. The summed E-state index contributed by atoms with van der Waals surface area (Å²) in [5, 5.41) is 3.21. The molecular weight excluding hydrogens is 254 g/mol. The van der Waals surface area contributed by atoms with Crippen LogP contribution in [0.5, 0.6) is 0 Å². The number of imidazole rings is 1. The van der Waals surface area contributed by atoms with Gasteiger partial charge in [0, 0.05) is 32.7 Å². The molecule has 0 aliphatic carbocycles. The number of hydrogen-bond acceptors (Lipinski definition) is 5.